The lowest BCUT2D eigenvalue weighted by Crippen LogP contribution is -2.41. The highest BCUT2D eigenvalue weighted by Gasteiger charge is 2.38. The Morgan fingerprint density at radius 2 is 2.26 bits per heavy atom. The molecule has 2 fully saturated rings. The first-order valence-corrected chi connectivity index (χ1v) is 9.12. The smallest absolute Gasteiger partial charge is 0.410 e. The molecule has 1 unspecified atom stereocenters. The zero-order chi connectivity index (χ0) is 19.0. The molecular weight excluding hydrogens is 375 g/mol. The van der Waals surface area contributed by atoms with Gasteiger partial charge in [-0.1, -0.05) is 11.6 Å². The van der Waals surface area contributed by atoms with Gasteiger partial charge in [-0.05, 0) is 37.0 Å². The first-order chi connectivity index (χ1) is 13.0. The van der Waals surface area contributed by atoms with Gasteiger partial charge in [0, 0.05) is 30.3 Å². The van der Waals surface area contributed by atoms with E-state index >= 15 is 0 Å². The van der Waals surface area contributed by atoms with Crippen LogP contribution >= 0.6 is 11.6 Å². The number of fused-ring (bicyclic) bond motifs is 1. The topological polar surface area (TPSA) is 76.5 Å². The van der Waals surface area contributed by atoms with E-state index in [0.717, 1.165) is 12.8 Å². The van der Waals surface area contributed by atoms with E-state index in [2.05, 4.69) is 10.4 Å². The van der Waals surface area contributed by atoms with E-state index in [1.807, 2.05) is 0 Å². The van der Waals surface area contributed by atoms with Gasteiger partial charge in [-0.2, -0.15) is 0 Å². The minimum Gasteiger partial charge on any atom is -0.447 e. The Morgan fingerprint density at radius 1 is 1.41 bits per heavy atom. The number of hydrogen-bond acceptors (Lipinski definition) is 4. The number of carbonyl (C=O) groups is 2. The second-order valence-electron chi connectivity index (χ2n) is 6.81. The summed E-state index contributed by atoms with van der Waals surface area (Å²) < 4.78 is 20.4. The maximum atomic E-state index is 14.0. The molecule has 0 aliphatic carbocycles. The Morgan fingerprint density at radius 3 is 3.07 bits per heavy atom. The molecule has 4 rings (SSSR count). The van der Waals surface area contributed by atoms with Crippen molar-refractivity contribution in [2.45, 2.75) is 25.3 Å². The normalized spacial score (nSPS) is 21.7. The average Bonchev–Trinajstić information content (AvgIpc) is 3.22. The van der Waals surface area contributed by atoms with E-state index in [4.69, 9.17) is 16.3 Å². The molecule has 0 radical (unpaired) electrons. The number of carbonyl (C=O) groups excluding carboxylic acids is 2. The predicted octanol–water partition coefficient (Wildman–Crippen LogP) is 3.22. The molecule has 7 nitrogen and oxygen atoms in total. The van der Waals surface area contributed by atoms with Gasteiger partial charge < -0.3 is 15.0 Å². The Hall–Kier alpha value is -2.61. The highest BCUT2D eigenvalue weighted by molar-refractivity contribution is 6.30. The number of halogens is 2. The number of piperidine rings is 1. The second kappa shape index (κ2) is 7.19. The van der Waals surface area contributed by atoms with Crippen LogP contribution in [0.4, 0.5) is 15.0 Å². The fourth-order valence-corrected chi connectivity index (χ4v) is 3.77. The molecule has 0 saturated carbocycles. The number of hydrogen-bond donors (Lipinski definition) is 1. The van der Waals surface area contributed by atoms with Gasteiger partial charge in [0.05, 0.1) is 6.04 Å². The maximum absolute atomic E-state index is 14.0. The van der Waals surface area contributed by atoms with E-state index in [1.165, 1.54) is 16.8 Å². The molecule has 9 heteroatoms. The number of benzene rings is 1. The number of nitrogens with one attached hydrogen (secondary N) is 1. The van der Waals surface area contributed by atoms with Gasteiger partial charge in [0.2, 0.25) is 5.91 Å². The molecule has 3 heterocycles. The second-order valence-corrected chi connectivity index (χ2v) is 7.24. The van der Waals surface area contributed by atoms with Crippen molar-refractivity contribution in [1.82, 2.24) is 14.7 Å². The molecule has 0 bridgehead atoms. The molecule has 2 aliphatic rings. The SMILES string of the molecule is O=C(C[C@H]1CCN2C(=O)OCC2C1)Nc1ccn(-c2ccc(Cl)cc2F)n1. The van der Waals surface area contributed by atoms with Crippen molar-refractivity contribution in [1.29, 1.82) is 0 Å². The third-order valence-electron chi connectivity index (χ3n) is 4.95. The summed E-state index contributed by atoms with van der Waals surface area (Å²) in [4.78, 5) is 25.6. The Labute approximate surface area is 160 Å². The minimum absolute atomic E-state index is 0.0659. The number of nitrogens with zero attached hydrogens (tertiary/aromatic N) is 3. The summed E-state index contributed by atoms with van der Waals surface area (Å²) in [5, 5.41) is 7.25. The number of aromatic nitrogens is 2. The molecule has 2 atom stereocenters. The number of cyclic esters (lactones) is 1. The molecule has 2 amide bonds. The Balaban J connectivity index is 1.35. The van der Waals surface area contributed by atoms with Crippen LogP contribution in [-0.4, -0.2) is 45.9 Å². The fourth-order valence-electron chi connectivity index (χ4n) is 3.62. The number of anilines is 1. The van der Waals surface area contributed by atoms with Crippen LogP contribution in [0.2, 0.25) is 5.02 Å². The van der Waals surface area contributed by atoms with Crippen LogP contribution in [0.15, 0.2) is 30.5 Å². The summed E-state index contributed by atoms with van der Waals surface area (Å²) in [5.41, 5.74) is 0.248. The monoisotopic (exact) mass is 392 g/mol. The number of rotatable bonds is 4. The van der Waals surface area contributed by atoms with Gasteiger partial charge in [0.15, 0.2) is 5.82 Å². The maximum Gasteiger partial charge on any atom is 0.410 e. The standard InChI is InChI=1S/C18H18ClFN4O3/c19-12-1-2-15(14(20)9-12)24-6-4-16(22-24)21-17(25)8-11-3-5-23-13(7-11)10-27-18(23)26/h1-2,4,6,9,11,13H,3,5,7-8,10H2,(H,21,22,25)/t11-,13?/m0/s1. The zero-order valence-electron chi connectivity index (χ0n) is 14.4. The third-order valence-corrected chi connectivity index (χ3v) is 5.18. The molecule has 2 saturated heterocycles. The van der Waals surface area contributed by atoms with E-state index in [0.29, 0.717) is 30.4 Å². The van der Waals surface area contributed by atoms with Crippen LogP contribution in [0.1, 0.15) is 19.3 Å². The summed E-state index contributed by atoms with van der Waals surface area (Å²) in [6.45, 7) is 1.01. The van der Waals surface area contributed by atoms with E-state index in [1.54, 1.807) is 23.2 Å². The summed E-state index contributed by atoms with van der Waals surface area (Å²) in [6.07, 6.45) is 3.18. The van der Waals surface area contributed by atoms with Crippen molar-refractivity contribution < 1.29 is 18.7 Å². The van der Waals surface area contributed by atoms with Crippen molar-refractivity contribution in [3.8, 4) is 5.69 Å². The summed E-state index contributed by atoms with van der Waals surface area (Å²) in [5.74, 6) is -0.105. The lowest BCUT2D eigenvalue weighted by atomic mass is 9.89. The molecule has 1 aromatic carbocycles. The van der Waals surface area contributed by atoms with Crippen LogP contribution in [0.3, 0.4) is 0 Å². The summed E-state index contributed by atoms with van der Waals surface area (Å²) in [6, 6.07) is 5.98. The number of amides is 2. The Bertz CT molecular complexity index is 887. The van der Waals surface area contributed by atoms with E-state index < -0.39 is 5.82 Å². The molecular formula is C18H18ClFN4O3. The van der Waals surface area contributed by atoms with E-state index in [-0.39, 0.29) is 29.6 Å². The number of ether oxygens (including phenoxy) is 1. The summed E-state index contributed by atoms with van der Waals surface area (Å²) in [7, 11) is 0. The van der Waals surface area contributed by atoms with Gasteiger partial charge >= 0.3 is 6.09 Å². The summed E-state index contributed by atoms with van der Waals surface area (Å²) >= 11 is 5.76. The molecule has 1 aromatic heterocycles. The van der Waals surface area contributed by atoms with Crippen LogP contribution in [0, 0.1) is 11.7 Å². The largest absolute Gasteiger partial charge is 0.447 e. The van der Waals surface area contributed by atoms with Crippen molar-refractivity contribution >= 4 is 29.4 Å². The van der Waals surface area contributed by atoms with Crippen molar-refractivity contribution in [2.75, 3.05) is 18.5 Å². The van der Waals surface area contributed by atoms with Gasteiger partial charge in [-0.25, -0.2) is 13.9 Å². The van der Waals surface area contributed by atoms with Gasteiger partial charge in [-0.15, -0.1) is 5.10 Å². The molecule has 1 N–H and O–H groups in total. The molecule has 142 valence electrons. The van der Waals surface area contributed by atoms with Gasteiger partial charge in [0.25, 0.3) is 0 Å². The van der Waals surface area contributed by atoms with E-state index in [9.17, 15) is 14.0 Å². The van der Waals surface area contributed by atoms with Crippen LogP contribution in [0.5, 0.6) is 0 Å². The van der Waals surface area contributed by atoms with Crippen molar-refractivity contribution in [3.63, 3.8) is 0 Å². The predicted molar refractivity (Wildman–Crippen MR) is 96.3 cm³/mol. The molecule has 2 aliphatic heterocycles. The van der Waals surface area contributed by atoms with Crippen LogP contribution < -0.4 is 5.32 Å². The first kappa shape index (κ1) is 17.8. The van der Waals surface area contributed by atoms with Crippen molar-refractivity contribution in [2.24, 2.45) is 5.92 Å². The molecule has 0 spiro atoms. The van der Waals surface area contributed by atoms with Gasteiger partial charge in [0.1, 0.15) is 18.1 Å². The van der Waals surface area contributed by atoms with Crippen molar-refractivity contribution in [3.05, 3.63) is 41.3 Å². The fraction of sp³-hybridized carbons (Fsp3) is 0.389. The van der Waals surface area contributed by atoms with Crippen LogP contribution in [0.25, 0.3) is 5.69 Å². The highest BCUT2D eigenvalue weighted by atomic mass is 35.5. The zero-order valence-corrected chi connectivity index (χ0v) is 15.2. The quantitative estimate of drug-likeness (QED) is 0.866. The third kappa shape index (κ3) is 3.75. The minimum atomic E-state index is -0.497. The molecule has 2 aromatic rings. The van der Waals surface area contributed by atoms with Crippen LogP contribution in [-0.2, 0) is 9.53 Å². The first-order valence-electron chi connectivity index (χ1n) is 8.74. The molecule has 27 heavy (non-hydrogen) atoms. The van der Waals surface area contributed by atoms with Gasteiger partial charge in [-0.3, -0.25) is 4.79 Å². The lowest BCUT2D eigenvalue weighted by Gasteiger charge is -2.31. The average molecular weight is 393 g/mol. The highest BCUT2D eigenvalue weighted by Crippen LogP contribution is 2.29. The lowest BCUT2D eigenvalue weighted by molar-refractivity contribution is -0.117. The Kier molecular flexibility index (Phi) is 4.73.